The van der Waals surface area contributed by atoms with Crippen molar-refractivity contribution in [3.63, 3.8) is 0 Å². The molecule has 146 valence electrons. The largest absolute Gasteiger partial charge is 0.493 e. The Hall–Kier alpha value is -3.55. The minimum Gasteiger partial charge on any atom is -0.493 e. The van der Waals surface area contributed by atoms with E-state index in [9.17, 15) is 9.59 Å². The lowest BCUT2D eigenvalue weighted by Crippen LogP contribution is -2.23. The quantitative estimate of drug-likeness (QED) is 0.578. The van der Waals surface area contributed by atoms with Gasteiger partial charge in [-0.25, -0.2) is 4.79 Å². The molecule has 3 rings (SSSR count). The molecule has 0 saturated carbocycles. The second-order valence-electron chi connectivity index (χ2n) is 5.99. The number of ether oxygens (including phenoxy) is 3. The van der Waals surface area contributed by atoms with Gasteiger partial charge >= 0.3 is 11.7 Å². The first-order valence-electron chi connectivity index (χ1n) is 8.52. The zero-order chi connectivity index (χ0) is 20.1. The topological polar surface area (TPSA) is 92.8 Å². The third kappa shape index (κ3) is 4.22. The molecule has 0 bridgehead atoms. The van der Waals surface area contributed by atoms with Crippen LogP contribution in [0.5, 0.6) is 11.5 Å². The number of methoxy groups -OCH3 is 2. The fraction of sp³-hybridized carbons (Fsp3) is 0.250. The Bertz CT molecular complexity index is 1020. The molecule has 2 aromatic carbocycles. The van der Waals surface area contributed by atoms with Crippen LogP contribution in [0.25, 0.3) is 11.5 Å². The fourth-order valence-electron chi connectivity index (χ4n) is 2.61. The number of aromatic nitrogens is 2. The molecule has 0 aliphatic rings. The van der Waals surface area contributed by atoms with Crippen LogP contribution in [0.3, 0.4) is 0 Å². The maximum Gasteiger partial charge on any atom is 0.437 e. The second-order valence-corrected chi connectivity index (χ2v) is 5.99. The third-order valence-corrected chi connectivity index (χ3v) is 4.14. The monoisotopic (exact) mass is 384 g/mol. The van der Waals surface area contributed by atoms with Crippen LogP contribution >= 0.6 is 0 Å². The van der Waals surface area contributed by atoms with E-state index < -0.39 is 11.7 Å². The molecule has 8 heteroatoms. The summed E-state index contributed by atoms with van der Waals surface area (Å²) in [6, 6.07) is 12.5. The van der Waals surface area contributed by atoms with Gasteiger partial charge in [0.2, 0.25) is 5.89 Å². The number of esters is 1. The molecule has 0 spiro atoms. The summed E-state index contributed by atoms with van der Waals surface area (Å²) >= 11 is 0. The van der Waals surface area contributed by atoms with E-state index in [1.807, 2.05) is 13.0 Å². The van der Waals surface area contributed by atoms with Gasteiger partial charge in [0.1, 0.15) is 13.2 Å². The summed E-state index contributed by atoms with van der Waals surface area (Å²) < 4.78 is 21.8. The molecule has 28 heavy (non-hydrogen) atoms. The molecule has 0 aliphatic heterocycles. The Morgan fingerprint density at radius 1 is 1.11 bits per heavy atom. The Balaban J connectivity index is 1.67. The van der Waals surface area contributed by atoms with Crippen molar-refractivity contribution >= 4 is 5.97 Å². The number of carbonyl (C=O) groups excluding carboxylic acids is 1. The van der Waals surface area contributed by atoms with Gasteiger partial charge < -0.3 is 18.6 Å². The molecular weight excluding hydrogens is 364 g/mol. The Labute approximate surface area is 161 Å². The van der Waals surface area contributed by atoms with E-state index in [0.29, 0.717) is 17.1 Å². The highest BCUT2D eigenvalue weighted by atomic mass is 16.5. The maximum atomic E-state index is 12.2. The summed E-state index contributed by atoms with van der Waals surface area (Å²) in [6.07, 6.45) is 0. The Morgan fingerprint density at radius 3 is 2.46 bits per heavy atom. The number of aryl methyl sites for hydroxylation is 1. The minimum atomic E-state index is -0.724. The van der Waals surface area contributed by atoms with Crippen LogP contribution in [0.15, 0.2) is 51.7 Å². The van der Waals surface area contributed by atoms with Crippen molar-refractivity contribution < 1.29 is 23.4 Å². The fourth-order valence-corrected chi connectivity index (χ4v) is 2.61. The normalized spacial score (nSPS) is 10.5. The highest BCUT2D eigenvalue weighted by Gasteiger charge is 2.15. The van der Waals surface area contributed by atoms with Crippen molar-refractivity contribution in [1.82, 2.24) is 9.78 Å². The predicted octanol–water partition coefficient (Wildman–Crippen LogP) is 2.57. The molecule has 0 radical (unpaired) electrons. The predicted molar refractivity (Wildman–Crippen MR) is 100 cm³/mol. The highest BCUT2D eigenvalue weighted by Crippen LogP contribution is 2.30. The molecule has 0 aliphatic carbocycles. The van der Waals surface area contributed by atoms with Crippen molar-refractivity contribution in [3.05, 3.63) is 64.1 Å². The third-order valence-electron chi connectivity index (χ3n) is 4.14. The second kappa shape index (κ2) is 8.43. The molecule has 1 heterocycles. The van der Waals surface area contributed by atoms with Crippen molar-refractivity contribution in [2.24, 2.45) is 0 Å². The van der Waals surface area contributed by atoms with Crippen LogP contribution in [0.2, 0.25) is 0 Å². The van der Waals surface area contributed by atoms with Gasteiger partial charge in [0.25, 0.3) is 0 Å². The molecule has 0 atom stereocenters. The summed E-state index contributed by atoms with van der Waals surface area (Å²) in [5, 5.41) is 4.04. The van der Waals surface area contributed by atoms with E-state index >= 15 is 0 Å². The van der Waals surface area contributed by atoms with Gasteiger partial charge in [0.05, 0.1) is 14.2 Å². The van der Waals surface area contributed by atoms with E-state index in [1.165, 1.54) is 7.11 Å². The van der Waals surface area contributed by atoms with Crippen molar-refractivity contribution in [3.8, 4) is 23.0 Å². The zero-order valence-electron chi connectivity index (χ0n) is 15.8. The molecule has 0 amide bonds. The molecule has 0 unspecified atom stereocenters. The molecular formula is C20H20N2O6. The van der Waals surface area contributed by atoms with Gasteiger partial charge in [-0.05, 0) is 42.3 Å². The van der Waals surface area contributed by atoms with Crippen molar-refractivity contribution in [2.45, 2.75) is 20.1 Å². The number of hydrogen-bond acceptors (Lipinski definition) is 7. The first kappa shape index (κ1) is 19.2. The summed E-state index contributed by atoms with van der Waals surface area (Å²) in [6.45, 7) is 1.56. The number of carbonyl (C=O) groups is 1. The molecule has 0 N–H and O–H groups in total. The zero-order valence-corrected chi connectivity index (χ0v) is 15.8. The number of hydrogen-bond donors (Lipinski definition) is 0. The lowest BCUT2D eigenvalue weighted by molar-refractivity contribution is -0.146. The lowest BCUT2D eigenvalue weighted by Gasteiger charge is -2.13. The number of rotatable bonds is 7. The van der Waals surface area contributed by atoms with Crippen LogP contribution < -0.4 is 15.2 Å². The lowest BCUT2D eigenvalue weighted by atomic mass is 10.1. The molecule has 0 fully saturated rings. The van der Waals surface area contributed by atoms with Gasteiger partial charge in [-0.3, -0.25) is 4.79 Å². The van der Waals surface area contributed by atoms with E-state index in [4.69, 9.17) is 18.6 Å². The Morgan fingerprint density at radius 2 is 1.79 bits per heavy atom. The average molecular weight is 384 g/mol. The molecule has 3 aromatic rings. The Kier molecular flexibility index (Phi) is 5.78. The van der Waals surface area contributed by atoms with Crippen LogP contribution in [-0.2, 0) is 22.7 Å². The first-order valence-corrected chi connectivity index (χ1v) is 8.52. The van der Waals surface area contributed by atoms with Gasteiger partial charge in [-0.15, -0.1) is 5.10 Å². The molecule has 8 nitrogen and oxygen atoms in total. The van der Waals surface area contributed by atoms with Gasteiger partial charge in [-0.2, -0.15) is 4.68 Å². The van der Waals surface area contributed by atoms with Gasteiger partial charge in [0, 0.05) is 5.56 Å². The van der Waals surface area contributed by atoms with E-state index in [1.54, 1.807) is 43.5 Å². The summed E-state index contributed by atoms with van der Waals surface area (Å²) in [4.78, 5) is 24.1. The highest BCUT2D eigenvalue weighted by molar-refractivity contribution is 5.69. The smallest absolute Gasteiger partial charge is 0.437 e. The van der Waals surface area contributed by atoms with Crippen molar-refractivity contribution in [2.75, 3.05) is 14.2 Å². The van der Waals surface area contributed by atoms with Crippen LogP contribution in [0.4, 0.5) is 0 Å². The van der Waals surface area contributed by atoms with Crippen LogP contribution in [-0.4, -0.2) is 30.0 Å². The maximum absolute atomic E-state index is 12.2. The van der Waals surface area contributed by atoms with Crippen LogP contribution in [0, 0.1) is 6.92 Å². The number of benzene rings is 2. The SMILES string of the molecule is COc1cc(C)c(COC(=O)Cn2nc(-c3ccccc3)oc2=O)cc1OC. The summed E-state index contributed by atoms with van der Waals surface area (Å²) in [7, 11) is 3.08. The minimum absolute atomic E-state index is 0.0309. The van der Waals surface area contributed by atoms with Crippen LogP contribution in [0.1, 0.15) is 11.1 Å². The van der Waals surface area contributed by atoms with Gasteiger partial charge in [0.15, 0.2) is 11.5 Å². The summed E-state index contributed by atoms with van der Waals surface area (Å²) in [5.74, 6) is -0.0477. The number of nitrogens with zero attached hydrogens (tertiary/aromatic N) is 2. The summed E-state index contributed by atoms with van der Waals surface area (Å²) in [5.41, 5.74) is 2.30. The van der Waals surface area contributed by atoms with E-state index in [-0.39, 0.29) is 19.0 Å². The van der Waals surface area contributed by atoms with E-state index in [2.05, 4.69) is 5.10 Å². The van der Waals surface area contributed by atoms with E-state index in [0.717, 1.165) is 15.8 Å². The molecule has 0 saturated heterocycles. The molecule has 1 aromatic heterocycles. The van der Waals surface area contributed by atoms with Crippen molar-refractivity contribution in [1.29, 1.82) is 0 Å². The standard InChI is InChI=1S/C20H20N2O6/c1-13-9-16(25-2)17(26-3)10-15(13)12-27-18(23)11-22-20(24)28-19(21-22)14-7-5-4-6-8-14/h4-10H,11-12H2,1-3H3. The van der Waals surface area contributed by atoms with Gasteiger partial charge in [-0.1, -0.05) is 18.2 Å². The average Bonchev–Trinajstić information content (AvgIpc) is 3.07. The first-order chi connectivity index (χ1) is 13.5.